The second-order valence-corrected chi connectivity index (χ2v) is 3.25. The third-order valence-corrected chi connectivity index (χ3v) is 2.37. The molecule has 2 heterocycles. The number of Topliss-reactive ketones (excluding diaryl/α,β-unsaturated/α-hetero) is 1. The zero-order valence-electron chi connectivity index (χ0n) is 7.03. The molecule has 3 nitrogen and oxygen atoms in total. The van der Waals surface area contributed by atoms with Crippen LogP contribution in [-0.2, 0) is 14.3 Å². The van der Waals surface area contributed by atoms with Crippen LogP contribution in [0.25, 0.3) is 0 Å². The predicted octanol–water partition coefficient (Wildman–Crippen LogP) is 0.688. The molecule has 12 heavy (non-hydrogen) atoms. The van der Waals surface area contributed by atoms with Gasteiger partial charge in [0.15, 0.2) is 0 Å². The number of ketones is 1. The molecule has 3 atom stereocenters. The van der Waals surface area contributed by atoms with E-state index in [1.165, 1.54) is 0 Å². The molecule has 1 saturated heterocycles. The van der Waals surface area contributed by atoms with E-state index in [0.29, 0.717) is 12.8 Å². The number of fused-ring (bicyclic) bond motifs is 2. The summed E-state index contributed by atoms with van der Waals surface area (Å²) in [5.74, 6) is 0.235. The number of methoxy groups -OCH3 is 1. The zero-order chi connectivity index (χ0) is 8.55. The summed E-state index contributed by atoms with van der Waals surface area (Å²) in [5.41, 5.74) is 0. The summed E-state index contributed by atoms with van der Waals surface area (Å²) in [7, 11) is 1.62. The van der Waals surface area contributed by atoms with Crippen molar-refractivity contribution in [3.8, 4) is 0 Å². The highest BCUT2D eigenvalue weighted by Crippen LogP contribution is 2.25. The molecule has 1 unspecified atom stereocenters. The van der Waals surface area contributed by atoms with Gasteiger partial charge in [-0.25, -0.2) is 0 Å². The van der Waals surface area contributed by atoms with E-state index in [9.17, 15) is 4.79 Å². The standard InChI is InChI=1S/C9H12O3/c1-11-9-5-6(10)4-7-2-3-8(9)12-7/h2-3,7-9H,4-5H2,1H3/t7-,8+,9?/m1/s1. The highest BCUT2D eigenvalue weighted by atomic mass is 16.5. The molecule has 0 aliphatic carbocycles. The van der Waals surface area contributed by atoms with Crippen molar-refractivity contribution in [2.24, 2.45) is 0 Å². The molecule has 3 heteroatoms. The Bertz CT molecular complexity index is 222. The summed E-state index contributed by atoms with van der Waals surface area (Å²) >= 11 is 0. The lowest BCUT2D eigenvalue weighted by Crippen LogP contribution is -2.27. The second kappa shape index (κ2) is 2.99. The summed E-state index contributed by atoms with van der Waals surface area (Å²) in [4.78, 5) is 11.2. The van der Waals surface area contributed by atoms with Gasteiger partial charge in [0.05, 0.1) is 12.2 Å². The number of carbonyl (C=O) groups excluding carboxylic acids is 1. The van der Waals surface area contributed by atoms with Crippen LogP contribution in [0, 0.1) is 0 Å². The van der Waals surface area contributed by atoms with Crippen molar-refractivity contribution in [2.75, 3.05) is 7.11 Å². The van der Waals surface area contributed by atoms with E-state index in [1.807, 2.05) is 12.2 Å². The molecule has 2 aliphatic rings. The molecular weight excluding hydrogens is 156 g/mol. The molecule has 0 radical (unpaired) electrons. The van der Waals surface area contributed by atoms with E-state index in [-0.39, 0.29) is 24.1 Å². The molecule has 0 saturated carbocycles. The van der Waals surface area contributed by atoms with Crippen LogP contribution in [0.15, 0.2) is 12.2 Å². The van der Waals surface area contributed by atoms with Gasteiger partial charge in [-0.3, -0.25) is 4.79 Å². The Kier molecular flexibility index (Phi) is 1.98. The van der Waals surface area contributed by atoms with Crippen molar-refractivity contribution in [1.29, 1.82) is 0 Å². The van der Waals surface area contributed by atoms with Crippen LogP contribution >= 0.6 is 0 Å². The molecule has 0 aromatic heterocycles. The van der Waals surface area contributed by atoms with Crippen LogP contribution in [0.3, 0.4) is 0 Å². The monoisotopic (exact) mass is 168 g/mol. The van der Waals surface area contributed by atoms with Gasteiger partial charge in [-0.2, -0.15) is 0 Å². The fraction of sp³-hybridized carbons (Fsp3) is 0.667. The maximum absolute atomic E-state index is 11.2. The van der Waals surface area contributed by atoms with Crippen molar-refractivity contribution < 1.29 is 14.3 Å². The van der Waals surface area contributed by atoms with Gasteiger partial charge in [0.2, 0.25) is 0 Å². The number of hydrogen-bond donors (Lipinski definition) is 0. The molecule has 2 bridgehead atoms. The second-order valence-electron chi connectivity index (χ2n) is 3.25. The van der Waals surface area contributed by atoms with Crippen LogP contribution in [0.1, 0.15) is 12.8 Å². The van der Waals surface area contributed by atoms with Crippen LogP contribution in [0.2, 0.25) is 0 Å². The molecule has 1 fully saturated rings. The summed E-state index contributed by atoms with van der Waals surface area (Å²) in [5, 5.41) is 0. The smallest absolute Gasteiger partial charge is 0.138 e. The number of rotatable bonds is 1. The lowest BCUT2D eigenvalue weighted by atomic mass is 10.0. The maximum Gasteiger partial charge on any atom is 0.138 e. The van der Waals surface area contributed by atoms with Gasteiger partial charge in [0.25, 0.3) is 0 Å². The first-order chi connectivity index (χ1) is 5.79. The van der Waals surface area contributed by atoms with Crippen LogP contribution in [0.4, 0.5) is 0 Å². The molecule has 66 valence electrons. The Morgan fingerprint density at radius 3 is 3.08 bits per heavy atom. The summed E-state index contributed by atoms with van der Waals surface area (Å²) < 4.78 is 10.7. The largest absolute Gasteiger partial charge is 0.378 e. The lowest BCUT2D eigenvalue weighted by molar-refractivity contribution is -0.121. The molecule has 2 aliphatic heterocycles. The molecule has 0 amide bonds. The third kappa shape index (κ3) is 1.30. The van der Waals surface area contributed by atoms with Gasteiger partial charge in [-0.1, -0.05) is 12.2 Å². The fourth-order valence-corrected chi connectivity index (χ4v) is 1.72. The molecule has 0 N–H and O–H groups in total. The lowest BCUT2D eigenvalue weighted by Gasteiger charge is -2.17. The average Bonchev–Trinajstić information content (AvgIpc) is 2.40. The van der Waals surface area contributed by atoms with Gasteiger partial charge in [0.1, 0.15) is 11.9 Å². The topological polar surface area (TPSA) is 35.5 Å². The highest BCUT2D eigenvalue weighted by Gasteiger charge is 2.33. The first-order valence-electron chi connectivity index (χ1n) is 4.18. The third-order valence-electron chi connectivity index (χ3n) is 2.37. The Hall–Kier alpha value is -0.670. The van der Waals surface area contributed by atoms with E-state index in [0.717, 1.165) is 0 Å². The van der Waals surface area contributed by atoms with E-state index in [1.54, 1.807) is 7.11 Å². The molecule has 0 aromatic carbocycles. The Morgan fingerprint density at radius 2 is 2.33 bits per heavy atom. The quantitative estimate of drug-likeness (QED) is 0.540. The first kappa shape index (κ1) is 7.95. The predicted molar refractivity (Wildman–Crippen MR) is 42.8 cm³/mol. The van der Waals surface area contributed by atoms with Gasteiger partial charge in [0, 0.05) is 20.0 Å². The highest BCUT2D eigenvalue weighted by molar-refractivity contribution is 5.80. The van der Waals surface area contributed by atoms with Crippen molar-refractivity contribution in [1.82, 2.24) is 0 Å². The normalized spacial score (nSPS) is 40.1. The molecule has 2 rings (SSSR count). The maximum atomic E-state index is 11.2. The molecule has 0 spiro atoms. The number of hydrogen-bond acceptors (Lipinski definition) is 3. The van der Waals surface area contributed by atoms with Gasteiger partial charge >= 0.3 is 0 Å². The van der Waals surface area contributed by atoms with E-state index >= 15 is 0 Å². The Morgan fingerprint density at radius 1 is 1.50 bits per heavy atom. The number of ether oxygens (including phenoxy) is 2. The van der Waals surface area contributed by atoms with Crippen molar-refractivity contribution >= 4 is 5.78 Å². The summed E-state index contributed by atoms with van der Waals surface area (Å²) in [6.45, 7) is 0. The zero-order valence-corrected chi connectivity index (χ0v) is 7.03. The van der Waals surface area contributed by atoms with E-state index in [2.05, 4.69) is 0 Å². The van der Waals surface area contributed by atoms with Crippen molar-refractivity contribution in [3.05, 3.63) is 12.2 Å². The van der Waals surface area contributed by atoms with E-state index < -0.39 is 0 Å². The first-order valence-corrected chi connectivity index (χ1v) is 4.18. The summed E-state index contributed by atoms with van der Waals surface area (Å²) in [6, 6.07) is 0. The summed E-state index contributed by atoms with van der Waals surface area (Å²) in [6.07, 6.45) is 4.85. The minimum Gasteiger partial charge on any atom is -0.378 e. The van der Waals surface area contributed by atoms with Crippen molar-refractivity contribution in [3.63, 3.8) is 0 Å². The number of carbonyl (C=O) groups is 1. The van der Waals surface area contributed by atoms with E-state index in [4.69, 9.17) is 9.47 Å². The van der Waals surface area contributed by atoms with Gasteiger partial charge in [-0.15, -0.1) is 0 Å². The van der Waals surface area contributed by atoms with Gasteiger partial charge in [-0.05, 0) is 0 Å². The van der Waals surface area contributed by atoms with Crippen LogP contribution in [-0.4, -0.2) is 31.2 Å². The minimum absolute atomic E-state index is 0.00245. The minimum atomic E-state index is -0.0822. The van der Waals surface area contributed by atoms with Crippen molar-refractivity contribution in [2.45, 2.75) is 31.2 Å². The Labute approximate surface area is 71.3 Å². The SMILES string of the molecule is COC1CC(=O)C[C@H]2C=C[C@@H]1O2. The van der Waals surface area contributed by atoms with Crippen LogP contribution in [0.5, 0.6) is 0 Å². The Balaban J connectivity index is 2.16. The fourth-order valence-electron chi connectivity index (χ4n) is 1.72. The average molecular weight is 168 g/mol. The molecule has 0 aromatic rings. The molecular formula is C9H12O3. The van der Waals surface area contributed by atoms with Crippen LogP contribution < -0.4 is 0 Å². The van der Waals surface area contributed by atoms with Gasteiger partial charge < -0.3 is 9.47 Å².